The summed E-state index contributed by atoms with van der Waals surface area (Å²) >= 11 is 0. The Morgan fingerprint density at radius 2 is 1.80 bits per heavy atom. The molecule has 13 nitrogen and oxygen atoms in total. The first-order valence-electron chi connectivity index (χ1n) is 18.6. The second-order valence-corrected chi connectivity index (χ2v) is 15.2. The highest BCUT2D eigenvalue weighted by Crippen LogP contribution is 2.39. The molecule has 8 rings (SSSR count). The van der Waals surface area contributed by atoms with E-state index in [1.165, 1.54) is 15.2 Å². The van der Waals surface area contributed by atoms with E-state index in [1.54, 1.807) is 37.4 Å². The number of carbonyl (C=O) groups excluding carboxylic acids is 3. The van der Waals surface area contributed by atoms with Gasteiger partial charge < -0.3 is 10.4 Å². The zero-order chi connectivity index (χ0) is 39.5. The predicted octanol–water partition coefficient (Wildman–Crippen LogP) is 5.01. The smallest absolute Gasteiger partial charge is 0.389 e. The Morgan fingerprint density at radius 3 is 2.54 bits per heavy atom. The number of nitrogens with zero attached hydrogens (tertiary/aromatic N) is 6. The molecular weight excluding hydrogens is 736 g/mol. The van der Waals surface area contributed by atoms with Crippen molar-refractivity contribution in [3.05, 3.63) is 88.2 Å². The number of amides is 3. The van der Waals surface area contributed by atoms with Crippen LogP contribution in [0.4, 0.5) is 23.2 Å². The first kappa shape index (κ1) is 37.5. The van der Waals surface area contributed by atoms with Gasteiger partial charge in [0.25, 0.3) is 5.91 Å². The molecule has 1 aliphatic carbocycles. The standard InChI is InChI=1S/C39H40F4N8O5/c1-48-34-26(4-2-6-30(34)51(37(48)55)31-10-11-33(52)46-36(31)54)25-14-17-49(20-27(25)40)21-38(56)15-12-24(13-16-38)50-19-22-18-23(8-9-28(22)47-50)44-35(53)29-5-3-7-32(45-29)39(41,42)43/h2-9,18-19,24-25,27,31,56H,10-17,20-21H2,1H3,(H,44,53)(H,46,52,54)/t24-,25-,27+,31?,38+/m0/s1. The van der Waals surface area contributed by atoms with Crippen molar-refractivity contribution in [1.82, 2.24) is 34.1 Å². The van der Waals surface area contributed by atoms with E-state index in [9.17, 15) is 37.5 Å². The number of pyridine rings is 1. The van der Waals surface area contributed by atoms with Crippen LogP contribution in [-0.2, 0) is 22.8 Å². The molecule has 2 aliphatic heterocycles. The van der Waals surface area contributed by atoms with E-state index in [1.807, 2.05) is 21.8 Å². The molecule has 0 radical (unpaired) electrons. The molecule has 1 saturated carbocycles. The minimum absolute atomic E-state index is 0.00528. The van der Waals surface area contributed by atoms with Crippen molar-refractivity contribution < 1.29 is 37.1 Å². The van der Waals surface area contributed by atoms with Gasteiger partial charge in [-0.05, 0) is 87.0 Å². The second kappa shape index (κ2) is 14.3. The SMILES string of the molecule is Cn1c(=O)n(C2CCC(=O)NC2=O)c2cccc([C@@H]3CCN(C[C@]4(O)CC[C@@H](n5cc6cc(NC(=O)c7cccc(C(F)(F)F)n7)ccc6n5)CC4)C[C@H]3F)c21. The maximum atomic E-state index is 16.1. The van der Waals surface area contributed by atoms with Crippen molar-refractivity contribution in [3.8, 4) is 0 Å². The predicted molar refractivity (Wildman–Crippen MR) is 197 cm³/mol. The third-order valence-electron chi connectivity index (χ3n) is 11.5. The zero-order valence-corrected chi connectivity index (χ0v) is 30.4. The van der Waals surface area contributed by atoms with E-state index in [-0.39, 0.29) is 37.0 Å². The Bertz CT molecular complexity index is 2410. The van der Waals surface area contributed by atoms with Crippen LogP contribution in [0, 0.1) is 0 Å². The Balaban J connectivity index is 0.891. The molecule has 1 unspecified atom stereocenters. The van der Waals surface area contributed by atoms with E-state index in [2.05, 4.69) is 15.6 Å². The summed E-state index contributed by atoms with van der Waals surface area (Å²) < 4.78 is 60.1. The number of alkyl halides is 4. The number of rotatable bonds is 7. The molecule has 3 amide bonds. The zero-order valence-electron chi connectivity index (χ0n) is 30.4. The van der Waals surface area contributed by atoms with Crippen LogP contribution in [0.3, 0.4) is 0 Å². The highest BCUT2D eigenvalue weighted by molar-refractivity contribution is 6.04. The van der Waals surface area contributed by atoms with E-state index in [0.29, 0.717) is 73.0 Å². The van der Waals surface area contributed by atoms with E-state index in [4.69, 9.17) is 5.10 Å². The summed E-state index contributed by atoms with van der Waals surface area (Å²) in [5.41, 5.74) is -0.114. The van der Waals surface area contributed by atoms with Gasteiger partial charge in [0.2, 0.25) is 11.8 Å². The molecule has 5 heterocycles. The van der Waals surface area contributed by atoms with Crippen LogP contribution in [0.1, 0.15) is 84.7 Å². The normalized spacial score (nSPS) is 25.1. The van der Waals surface area contributed by atoms with Crippen LogP contribution < -0.4 is 16.3 Å². The van der Waals surface area contributed by atoms with Gasteiger partial charge in [-0.25, -0.2) is 14.2 Å². The molecular formula is C39H40F4N8O5. The quantitative estimate of drug-likeness (QED) is 0.154. The number of nitrogens with one attached hydrogen (secondary N) is 2. The number of carbonyl (C=O) groups is 3. The van der Waals surface area contributed by atoms with Crippen molar-refractivity contribution in [2.45, 2.75) is 80.9 Å². The number of piperidine rings is 2. The number of para-hydroxylation sites is 1. The summed E-state index contributed by atoms with van der Waals surface area (Å²) in [6.45, 7) is 0.969. The van der Waals surface area contributed by atoms with Crippen molar-refractivity contribution in [1.29, 1.82) is 0 Å². The third-order valence-corrected chi connectivity index (χ3v) is 11.5. The van der Waals surface area contributed by atoms with Crippen LogP contribution >= 0.6 is 0 Å². The van der Waals surface area contributed by atoms with Gasteiger partial charge in [-0.3, -0.25) is 38.4 Å². The minimum Gasteiger partial charge on any atom is -0.389 e. The van der Waals surface area contributed by atoms with E-state index < -0.39 is 53.1 Å². The summed E-state index contributed by atoms with van der Waals surface area (Å²) in [5.74, 6) is -2.18. The number of β-amino-alcohol motifs (C(OH)–C–C–N with tert-alkyl or cyclic N) is 1. The van der Waals surface area contributed by atoms with Crippen LogP contribution in [0.25, 0.3) is 21.9 Å². The number of hydrogen-bond acceptors (Lipinski definition) is 8. The minimum atomic E-state index is -4.67. The van der Waals surface area contributed by atoms with Crippen LogP contribution in [0.2, 0.25) is 0 Å². The Kier molecular flexibility index (Phi) is 9.55. The third kappa shape index (κ3) is 7.09. The summed E-state index contributed by atoms with van der Waals surface area (Å²) in [7, 11) is 1.61. The molecule has 2 aromatic carbocycles. The Morgan fingerprint density at radius 1 is 1.04 bits per heavy atom. The van der Waals surface area contributed by atoms with E-state index in [0.717, 1.165) is 17.5 Å². The lowest BCUT2D eigenvalue weighted by Crippen LogP contribution is -2.50. The van der Waals surface area contributed by atoms with Crippen molar-refractivity contribution >= 4 is 45.3 Å². The van der Waals surface area contributed by atoms with Crippen LogP contribution in [-0.4, -0.2) is 83.0 Å². The monoisotopic (exact) mass is 776 g/mol. The number of aliphatic hydroxyl groups is 1. The fourth-order valence-corrected chi connectivity index (χ4v) is 8.66. The average molecular weight is 777 g/mol. The van der Waals surface area contributed by atoms with Gasteiger partial charge in [-0.15, -0.1) is 0 Å². The van der Waals surface area contributed by atoms with Gasteiger partial charge in [0.1, 0.15) is 23.6 Å². The lowest BCUT2D eigenvalue weighted by Gasteiger charge is -2.42. The number of anilines is 1. The molecule has 0 bridgehead atoms. The fraction of sp³-hybridized carbons (Fsp3) is 0.436. The first-order valence-corrected chi connectivity index (χ1v) is 18.6. The van der Waals surface area contributed by atoms with Crippen molar-refractivity contribution in [2.75, 3.05) is 25.0 Å². The fourth-order valence-electron chi connectivity index (χ4n) is 8.66. The molecule has 17 heteroatoms. The van der Waals surface area contributed by atoms with Crippen molar-refractivity contribution in [2.24, 2.45) is 7.05 Å². The molecule has 3 aliphatic rings. The summed E-state index contributed by atoms with van der Waals surface area (Å²) in [6.07, 6.45) is -1.09. The Labute approximate surface area is 317 Å². The molecule has 56 heavy (non-hydrogen) atoms. The van der Waals surface area contributed by atoms with Gasteiger partial charge in [-0.1, -0.05) is 18.2 Å². The maximum Gasteiger partial charge on any atom is 0.433 e. The van der Waals surface area contributed by atoms with Gasteiger partial charge in [0, 0.05) is 49.7 Å². The topological polar surface area (TPSA) is 156 Å². The molecule has 3 fully saturated rings. The van der Waals surface area contributed by atoms with Gasteiger partial charge in [0.05, 0.1) is 28.2 Å². The first-order chi connectivity index (χ1) is 26.7. The number of benzene rings is 2. The number of hydrogen-bond donors (Lipinski definition) is 3. The molecule has 0 spiro atoms. The highest BCUT2D eigenvalue weighted by atomic mass is 19.4. The average Bonchev–Trinajstić information content (AvgIpc) is 3.69. The molecule has 3 atom stereocenters. The number of imidazole rings is 1. The second-order valence-electron chi connectivity index (χ2n) is 15.2. The van der Waals surface area contributed by atoms with Crippen LogP contribution in [0.15, 0.2) is 65.6 Å². The number of aryl methyl sites for hydroxylation is 1. The van der Waals surface area contributed by atoms with Crippen molar-refractivity contribution in [3.63, 3.8) is 0 Å². The van der Waals surface area contributed by atoms with Crippen LogP contribution in [0.5, 0.6) is 0 Å². The molecule has 2 saturated heterocycles. The number of likely N-dealkylation sites (tertiary alicyclic amines) is 1. The molecule has 294 valence electrons. The maximum absolute atomic E-state index is 16.1. The summed E-state index contributed by atoms with van der Waals surface area (Å²) in [6, 6.07) is 12.7. The summed E-state index contributed by atoms with van der Waals surface area (Å²) in [4.78, 5) is 55.9. The number of fused-ring (bicyclic) bond motifs is 2. The van der Waals surface area contributed by atoms with Gasteiger partial charge in [-0.2, -0.15) is 18.3 Å². The number of imide groups is 1. The van der Waals surface area contributed by atoms with Gasteiger partial charge in [0.15, 0.2) is 0 Å². The van der Waals surface area contributed by atoms with E-state index >= 15 is 4.39 Å². The lowest BCUT2D eigenvalue weighted by molar-refractivity contribution is -0.141. The molecule has 3 aromatic heterocycles. The Hall–Kier alpha value is -5.42. The summed E-state index contributed by atoms with van der Waals surface area (Å²) in [5, 5.41) is 22.0. The molecule has 3 N–H and O–H groups in total. The number of aromatic nitrogens is 5. The largest absolute Gasteiger partial charge is 0.433 e. The highest BCUT2D eigenvalue weighted by Gasteiger charge is 2.40. The molecule has 5 aromatic rings. The lowest BCUT2D eigenvalue weighted by atomic mass is 9.80. The number of halogens is 4. The van der Waals surface area contributed by atoms with Gasteiger partial charge >= 0.3 is 11.9 Å².